The van der Waals surface area contributed by atoms with Gasteiger partial charge in [-0.1, -0.05) is 28.1 Å². The smallest absolute Gasteiger partial charge is 0.271 e. The number of ether oxygens (including phenoxy) is 2. The second kappa shape index (κ2) is 7.78. The van der Waals surface area contributed by atoms with E-state index in [1.54, 1.807) is 24.4 Å². The van der Waals surface area contributed by atoms with Crippen LogP contribution in [-0.4, -0.2) is 26.3 Å². The van der Waals surface area contributed by atoms with Crippen LogP contribution in [0.4, 0.5) is 0 Å². The van der Waals surface area contributed by atoms with Crippen LogP contribution in [0.25, 0.3) is 0 Å². The average molecular weight is 377 g/mol. The van der Waals surface area contributed by atoms with Crippen molar-refractivity contribution in [3.05, 3.63) is 57.6 Å². The highest BCUT2D eigenvalue weighted by atomic mass is 79.9. The third-order valence-electron chi connectivity index (χ3n) is 3.19. The van der Waals surface area contributed by atoms with Gasteiger partial charge in [0.15, 0.2) is 0 Å². The molecule has 2 aromatic rings. The number of hydrogen-bond acceptors (Lipinski definition) is 4. The standard InChI is InChI=1S/C17H17BrN2O3/c1-11-4-5-12(6-16(11)18)10-19-20-17(21)13-7-14(22-2)9-15(8-13)23-3/h4-10H,1-3H3,(H,20,21). The van der Waals surface area contributed by atoms with Crippen molar-refractivity contribution in [2.24, 2.45) is 5.10 Å². The van der Waals surface area contributed by atoms with Gasteiger partial charge in [-0.15, -0.1) is 0 Å². The van der Waals surface area contributed by atoms with Crippen LogP contribution in [0, 0.1) is 6.92 Å². The van der Waals surface area contributed by atoms with E-state index < -0.39 is 0 Å². The number of hydrogen-bond donors (Lipinski definition) is 1. The predicted octanol–water partition coefficient (Wildman–Crippen LogP) is 3.54. The van der Waals surface area contributed by atoms with Crippen molar-refractivity contribution in [3.63, 3.8) is 0 Å². The van der Waals surface area contributed by atoms with Crippen molar-refractivity contribution in [3.8, 4) is 11.5 Å². The summed E-state index contributed by atoms with van der Waals surface area (Å²) in [5.41, 5.74) is 4.91. The monoisotopic (exact) mass is 376 g/mol. The summed E-state index contributed by atoms with van der Waals surface area (Å²) in [5.74, 6) is 0.742. The average Bonchev–Trinajstić information content (AvgIpc) is 2.57. The maximum absolute atomic E-state index is 12.1. The van der Waals surface area contributed by atoms with Gasteiger partial charge in [-0.3, -0.25) is 4.79 Å². The van der Waals surface area contributed by atoms with Gasteiger partial charge >= 0.3 is 0 Å². The van der Waals surface area contributed by atoms with Gasteiger partial charge in [-0.2, -0.15) is 5.10 Å². The molecule has 0 aliphatic heterocycles. The first-order chi connectivity index (χ1) is 11.0. The first-order valence-electron chi connectivity index (χ1n) is 6.86. The molecule has 23 heavy (non-hydrogen) atoms. The van der Waals surface area contributed by atoms with E-state index in [-0.39, 0.29) is 5.91 Å². The third kappa shape index (κ3) is 4.56. The Bertz CT molecular complexity index is 722. The van der Waals surface area contributed by atoms with E-state index in [1.807, 2.05) is 25.1 Å². The number of methoxy groups -OCH3 is 2. The molecule has 0 saturated carbocycles. The van der Waals surface area contributed by atoms with Gasteiger partial charge < -0.3 is 9.47 Å². The van der Waals surface area contributed by atoms with Crippen LogP contribution < -0.4 is 14.9 Å². The Balaban J connectivity index is 2.09. The second-order valence-electron chi connectivity index (χ2n) is 4.81. The van der Waals surface area contributed by atoms with Crippen molar-refractivity contribution in [2.45, 2.75) is 6.92 Å². The lowest BCUT2D eigenvalue weighted by Gasteiger charge is -2.07. The zero-order valence-corrected chi connectivity index (χ0v) is 14.7. The fraction of sp³-hybridized carbons (Fsp3) is 0.176. The molecule has 5 nitrogen and oxygen atoms in total. The first kappa shape index (κ1) is 17.0. The second-order valence-corrected chi connectivity index (χ2v) is 5.66. The van der Waals surface area contributed by atoms with Gasteiger partial charge in [0.05, 0.1) is 20.4 Å². The fourth-order valence-electron chi connectivity index (χ4n) is 1.86. The molecule has 0 fully saturated rings. The highest BCUT2D eigenvalue weighted by molar-refractivity contribution is 9.10. The predicted molar refractivity (Wildman–Crippen MR) is 93.5 cm³/mol. The molecule has 0 saturated heterocycles. The maximum Gasteiger partial charge on any atom is 0.271 e. The summed E-state index contributed by atoms with van der Waals surface area (Å²) >= 11 is 3.46. The molecule has 120 valence electrons. The topological polar surface area (TPSA) is 59.9 Å². The lowest BCUT2D eigenvalue weighted by Crippen LogP contribution is -2.17. The lowest BCUT2D eigenvalue weighted by atomic mass is 10.2. The molecule has 0 bridgehead atoms. The Morgan fingerprint density at radius 2 is 1.78 bits per heavy atom. The van der Waals surface area contributed by atoms with E-state index in [0.717, 1.165) is 15.6 Å². The van der Waals surface area contributed by atoms with Crippen molar-refractivity contribution in [1.29, 1.82) is 0 Å². The molecule has 0 aliphatic carbocycles. The minimum atomic E-state index is -0.343. The summed E-state index contributed by atoms with van der Waals surface area (Å²) in [7, 11) is 3.06. The van der Waals surface area contributed by atoms with E-state index in [0.29, 0.717) is 17.1 Å². The molecule has 0 atom stereocenters. The molecular formula is C17H17BrN2O3. The van der Waals surface area contributed by atoms with Crippen molar-refractivity contribution in [2.75, 3.05) is 14.2 Å². The number of benzene rings is 2. The molecule has 0 aromatic heterocycles. The van der Waals surface area contributed by atoms with E-state index in [1.165, 1.54) is 14.2 Å². The number of rotatable bonds is 5. The highest BCUT2D eigenvalue weighted by Crippen LogP contribution is 2.22. The highest BCUT2D eigenvalue weighted by Gasteiger charge is 2.09. The Hall–Kier alpha value is -2.34. The van der Waals surface area contributed by atoms with E-state index >= 15 is 0 Å². The molecule has 1 amide bonds. The molecule has 2 aromatic carbocycles. The number of nitrogens with one attached hydrogen (secondary N) is 1. The molecule has 0 unspecified atom stereocenters. The molecule has 0 spiro atoms. The number of hydrazone groups is 1. The number of nitrogens with zero attached hydrogens (tertiary/aromatic N) is 1. The Labute approximate surface area is 143 Å². The summed E-state index contributed by atoms with van der Waals surface area (Å²) in [6.07, 6.45) is 1.58. The van der Waals surface area contributed by atoms with Gasteiger partial charge in [-0.05, 0) is 36.2 Å². The Kier molecular flexibility index (Phi) is 5.76. The number of carbonyl (C=O) groups is 1. The van der Waals surface area contributed by atoms with Gasteiger partial charge in [0.25, 0.3) is 5.91 Å². The number of carbonyl (C=O) groups excluding carboxylic acids is 1. The molecule has 6 heteroatoms. The number of halogens is 1. The molecule has 0 radical (unpaired) electrons. The zero-order valence-electron chi connectivity index (χ0n) is 13.1. The molecule has 0 aliphatic rings. The van der Waals surface area contributed by atoms with Crippen LogP contribution in [0.15, 0.2) is 46.0 Å². The van der Waals surface area contributed by atoms with E-state index in [9.17, 15) is 4.79 Å². The quantitative estimate of drug-likeness (QED) is 0.641. The van der Waals surface area contributed by atoms with Crippen LogP contribution in [0.5, 0.6) is 11.5 Å². The van der Waals surface area contributed by atoms with E-state index in [4.69, 9.17) is 9.47 Å². The summed E-state index contributed by atoms with van der Waals surface area (Å²) in [6.45, 7) is 2.00. The SMILES string of the molecule is COc1cc(OC)cc(C(=O)NN=Cc2ccc(C)c(Br)c2)c1. The van der Waals surface area contributed by atoms with Crippen LogP contribution in [0.3, 0.4) is 0 Å². The van der Waals surface area contributed by atoms with Crippen LogP contribution in [-0.2, 0) is 0 Å². The van der Waals surface area contributed by atoms with Crippen molar-refractivity contribution >= 4 is 28.1 Å². The minimum absolute atomic E-state index is 0.343. The van der Waals surface area contributed by atoms with Crippen molar-refractivity contribution in [1.82, 2.24) is 5.43 Å². The van der Waals surface area contributed by atoms with Gasteiger partial charge in [0.2, 0.25) is 0 Å². The summed E-state index contributed by atoms with van der Waals surface area (Å²) in [6, 6.07) is 10.8. The van der Waals surface area contributed by atoms with Crippen LogP contribution >= 0.6 is 15.9 Å². The van der Waals surface area contributed by atoms with Crippen LogP contribution in [0.2, 0.25) is 0 Å². The number of aryl methyl sites for hydroxylation is 1. The van der Waals surface area contributed by atoms with Gasteiger partial charge in [0, 0.05) is 16.1 Å². The molecule has 1 N–H and O–H groups in total. The lowest BCUT2D eigenvalue weighted by molar-refractivity contribution is 0.0954. The molecule has 2 rings (SSSR count). The third-order valence-corrected chi connectivity index (χ3v) is 4.04. The number of amides is 1. The van der Waals surface area contributed by atoms with E-state index in [2.05, 4.69) is 26.5 Å². The summed E-state index contributed by atoms with van der Waals surface area (Å²) in [4.78, 5) is 12.1. The Morgan fingerprint density at radius 1 is 1.13 bits per heavy atom. The molecule has 0 heterocycles. The maximum atomic E-state index is 12.1. The summed E-state index contributed by atoms with van der Waals surface area (Å²) < 4.78 is 11.3. The zero-order chi connectivity index (χ0) is 16.8. The summed E-state index contributed by atoms with van der Waals surface area (Å²) in [5, 5.41) is 3.97. The van der Waals surface area contributed by atoms with Crippen molar-refractivity contribution < 1.29 is 14.3 Å². The van der Waals surface area contributed by atoms with Gasteiger partial charge in [0.1, 0.15) is 11.5 Å². The first-order valence-corrected chi connectivity index (χ1v) is 7.65. The largest absolute Gasteiger partial charge is 0.497 e. The normalized spacial score (nSPS) is 10.6. The molecular weight excluding hydrogens is 360 g/mol. The Morgan fingerprint density at radius 3 is 2.35 bits per heavy atom. The fourth-order valence-corrected chi connectivity index (χ4v) is 2.25. The minimum Gasteiger partial charge on any atom is -0.497 e. The van der Waals surface area contributed by atoms with Crippen LogP contribution in [0.1, 0.15) is 21.5 Å². The van der Waals surface area contributed by atoms with Gasteiger partial charge in [-0.25, -0.2) is 5.43 Å².